The van der Waals surface area contributed by atoms with Gasteiger partial charge in [-0.25, -0.2) is 0 Å². The average molecular weight is 297 g/mol. The first-order valence-electron chi connectivity index (χ1n) is 9.75. The SMILES string of the molecule is CCCCCCCCCCCCN([O-])CC1CCCCC1. The van der Waals surface area contributed by atoms with Gasteiger partial charge in [0, 0.05) is 0 Å². The molecule has 1 aliphatic rings. The zero-order valence-electron chi connectivity index (χ0n) is 14.5. The maximum atomic E-state index is 11.9. The summed E-state index contributed by atoms with van der Waals surface area (Å²) >= 11 is 0. The van der Waals surface area contributed by atoms with Crippen LogP contribution >= 0.6 is 0 Å². The Balaban J connectivity index is 1.80. The van der Waals surface area contributed by atoms with E-state index in [-0.39, 0.29) is 0 Å². The summed E-state index contributed by atoms with van der Waals surface area (Å²) in [5.74, 6) is 0.694. The first-order valence-corrected chi connectivity index (χ1v) is 9.75. The minimum Gasteiger partial charge on any atom is -0.785 e. The summed E-state index contributed by atoms with van der Waals surface area (Å²) in [4.78, 5) is 0. The van der Waals surface area contributed by atoms with Crippen LogP contribution in [0.1, 0.15) is 103 Å². The Morgan fingerprint density at radius 2 is 1.29 bits per heavy atom. The van der Waals surface area contributed by atoms with Crippen LogP contribution in [-0.4, -0.2) is 18.2 Å². The fourth-order valence-electron chi connectivity index (χ4n) is 3.52. The minimum absolute atomic E-state index is 0.694. The van der Waals surface area contributed by atoms with E-state index in [1.54, 1.807) is 0 Å². The third kappa shape index (κ3) is 11.2. The molecule has 0 aromatic carbocycles. The highest BCUT2D eigenvalue weighted by Gasteiger charge is 2.13. The predicted octanol–water partition coefficient (Wildman–Crippen LogP) is 6.29. The van der Waals surface area contributed by atoms with Gasteiger partial charge in [-0.1, -0.05) is 84.0 Å². The van der Waals surface area contributed by atoms with Gasteiger partial charge in [0.25, 0.3) is 0 Å². The number of nitrogens with zero attached hydrogens (tertiary/aromatic N) is 1. The highest BCUT2D eigenvalue weighted by atomic mass is 16.5. The highest BCUT2D eigenvalue weighted by molar-refractivity contribution is 4.70. The van der Waals surface area contributed by atoms with Crippen molar-refractivity contribution < 1.29 is 0 Å². The molecule has 0 spiro atoms. The van der Waals surface area contributed by atoms with Gasteiger partial charge in [0.2, 0.25) is 0 Å². The van der Waals surface area contributed by atoms with Crippen molar-refractivity contribution in [2.45, 2.75) is 103 Å². The van der Waals surface area contributed by atoms with Gasteiger partial charge < -0.3 is 10.3 Å². The van der Waals surface area contributed by atoms with Gasteiger partial charge in [-0.05, 0) is 38.3 Å². The number of hydroxylamine groups is 2. The Bertz CT molecular complexity index is 214. The second kappa shape index (κ2) is 13.6. The largest absolute Gasteiger partial charge is 0.785 e. The molecule has 0 atom stereocenters. The van der Waals surface area contributed by atoms with Crippen LogP contribution in [0.25, 0.3) is 0 Å². The molecule has 0 amide bonds. The fourth-order valence-corrected chi connectivity index (χ4v) is 3.52. The fraction of sp³-hybridized carbons (Fsp3) is 1.00. The van der Waals surface area contributed by atoms with E-state index in [1.165, 1.54) is 95.0 Å². The lowest BCUT2D eigenvalue weighted by Gasteiger charge is -2.34. The molecule has 0 radical (unpaired) electrons. The van der Waals surface area contributed by atoms with Crippen molar-refractivity contribution in [1.29, 1.82) is 0 Å². The van der Waals surface area contributed by atoms with Gasteiger partial charge >= 0.3 is 0 Å². The van der Waals surface area contributed by atoms with Gasteiger partial charge in [-0.3, -0.25) is 0 Å². The molecule has 0 aromatic rings. The van der Waals surface area contributed by atoms with E-state index in [2.05, 4.69) is 6.92 Å². The van der Waals surface area contributed by atoms with E-state index >= 15 is 0 Å². The summed E-state index contributed by atoms with van der Waals surface area (Å²) in [5.41, 5.74) is 0. The molecule has 2 heteroatoms. The van der Waals surface area contributed by atoms with Crippen LogP contribution in [0.2, 0.25) is 0 Å². The zero-order chi connectivity index (χ0) is 15.2. The van der Waals surface area contributed by atoms with Gasteiger partial charge in [0.15, 0.2) is 0 Å². The van der Waals surface area contributed by atoms with E-state index in [9.17, 15) is 5.21 Å². The monoisotopic (exact) mass is 296 g/mol. The maximum absolute atomic E-state index is 11.9. The molecule has 2 nitrogen and oxygen atoms in total. The summed E-state index contributed by atoms with van der Waals surface area (Å²) in [6.07, 6.45) is 20.1. The molecule has 1 fully saturated rings. The molecule has 0 aromatic heterocycles. The summed E-state index contributed by atoms with van der Waals surface area (Å²) in [5, 5.41) is 13.2. The number of hydrogen-bond acceptors (Lipinski definition) is 2. The molecule has 0 unspecified atom stereocenters. The zero-order valence-corrected chi connectivity index (χ0v) is 14.5. The second-order valence-corrected chi connectivity index (χ2v) is 7.07. The van der Waals surface area contributed by atoms with Crippen molar-refractivity contribution in [3.8, 4) is 0 Å². The predicted molar refractivity (Wildman–Crippen MR) is 93.4 cm³/mol. The first-order chi connectivity index (χ1) is 10.3. The van der Waals surface area contributed by atoms with Crippen LogP contribution in [0.5, 0.6) is 0 Å². The van der Waals surface area contributed by atoms with Crippen LogP contribution < -0.4 is 0 Å². The van der Waals surface area contributed by atoms with Crippen molar-refractivity contribution in [3.05, 3.63) is 5.21 Å². The Morgan fingerprint density at radius 1 is 0.762 bits per heavy atom. The molecule has 0 aliphatic heterocycles. The van der Waals surface area contributed by atoms with E-state index in [0.29, 0.717) is 5.92 Å². The minimum atomic E-state index is 0.694. The topological polar surface area (TPSA) is 26.3 Å². The van der Waals surface area contributed by atoms with E-state index < -0.39 is 0 Å². The molecule has 0 N–H and O–H groups in total. The molecule has 1 aliphatic carbocycles. The maximum Gasteiger partial charge on any atom is -0.0116 e. The third-order valence-corrected chi connectivity index (χ3v) is 4.95. The van der Waals surface area contributed by atoms with Gasteiger partial charge in [0.05, 0.1) is 0 Å². The van der Waals surface area contributed by atoms with E-state index in [4.69, 9.17) is 0 Å². The van der Waals surface area contributed by atoms with Gasteiger partial charge in [-0.2, -0.15) is 0 Å². The molecule has 0 bridgehead atoms. The number of rotatable bonds is 13. The normalized spacial score (nSPS) is 16.7. The Labute approximate surface area is 133 Å². The quantitative estimate of drug-likeness (QED) is 0.295. The van der Waals surface area contributed by atoms with E-state index in [0.717, 1.165) is 19.5 Å². The standard InChI is InChI=1S/C19H38NO/c1-2-3-4-5-6-7-8-9-10-14-17-20(21)18-19-15-12-11-13-16-19/h19H,2-18H2,1H3/q-1. The van der Waals surface area contributed by atoms with Crippen molar-refractivity contribution >= 4 is 0 Å². The van der Waals surface area contributed by atoms with Crippen molar-refractivity contribution in [2.75, 3.05) is 13.1 Å². The van der Waals surface area contributed by atoms with Crippen molar-refractivity contribution in [2.24, 2.45) is 5.92 Å². The van der Waals surface area contributed by atoms with Crippen LogP contribution in [0.4, 0.5) is 0 Å². The molecular formula is C19H38NO-. The van der Waals surface area contributed by atoms with Gasteiger partial charge in [0.1, 0.15) is 0 Å². The van der Waals surface area contributed by atoms with Crippen molar-refractivity contribution in [3.63, 3.8) is 0 Å². The Kier molecular flexibility index (Phi) is 12.3. The van der Waals surface area contributed by atoms with Crippen LogP contribution in [0.15, 0.2) is 0 Å². The molecule has 21 heavy (non-hydrogen) atoms. The number of hydrogen-bond donors (Lipinski definition) is 0. The molecule has 126 valence electrons. The molecule has 1 rings (SSSR count). The smallest absolute Gasteiger partial charge is 0.0116 e. The van der Waals surface area contributed by atoms with Gasteiger partial charge in [-0.15, -0.1) is 0 Å². The molecule has 1 saturated carbocycles. The van der Waals surface area contributed by atoms with Crippen LogP contribution in [-0.2, 0) is 0 Å². The Hall–Kier alpha value is -0.0800. The summed E-state index contributed by atoms with van der Waals surface area (Å²) in [6.45, 7) is 3.85. The average Bonchev–Trinajstić information content (AvgIpc) is 2.50. The molecular weight excluding hydrogens is 258 g/mol. The van der Waals surface area contributed by atoms with Crippen molar-refractivity contribution in [1.82, 2.24) is 5.06 Å². The number of unbranched alkanes of at least 4 members (excludes halogenated alkanes) is 9. The second-order valence-electron chi connectivity index (χ2n) is 7.07. The third-order valence-electron chi connectivity index (χ3n) is 4.95. The summed E-state index contributed by atoms with van der Waals surface area (Å²) in [6, 6.07) is 0. The summed E-state index contributed by atoms with van der Waals surface area (Å²) in [7, 11) is 0. The molecule has 0 saturated heterocycles. The highest BCUT2D eigenvalue weighted by Crippen LogP contribution is 2.24. The van der Waals surface area contributed by atoms with E-state index in [1.807, 2.05) is 0 Å². The lowest BCUT2D eigenvalue weighted by atomic mass is 9.89. The lowest BCUT2D eigenvalue weighted by Crippen LogP contribution is -2.26. The van der Waals surface area contributed by atoms with Crippen LogP contribution in [0, 0.1) is 11.1 Å². The lowest BCUT2D eigenvalue weighted by molar-refractivity contribution is 0.251. The summed E-state index contributed by atoms with van der Waals surface area (Å²) < 4.78 is 0. The van der Waals surface area contributed by atoms with Crippen LogP contribution in [0.3, 0.4) is 0 Å². The molecule has 0 heterocycles. The Morgan fingerprint density at radius 3 is 1.86 bits per heavy atom. The first kappa shape index (κ1) is 19.0.